The lowest BCUT2D eigenvalue weighted by Crippen LogP contribution is -2.36. The molecule has 0 fully saturated rings. The van der Waals surface area contributed by atoms with Gasteiger partial charge in [0.25, 0.3) is 0 Å². The van der Waals surface area contributed by atoms with Crippen LogP contribution in [-0.2, 0) is 16.6 Å². The Bertz CT molecular complexity index is 502. The van der Waals surface area contributed by atoms with Gasteiger partial charge in [-0.05, 0) is 30.4 Å². The third-order valence-electron chi connectivity index (χ3n) is 3.33. The zero-order valence-electron chi connectivity index (χ0n) is 14.0. The third kappa shape index (κ3) is 5.05. The van der Waals surface area contributed by atoms with Gasteiger partial charge in [0.1, 0.15) is 5.75 Å². The average Bonchev–Trinajstić information content (AvgIpc) is 2.34. The molecule has 0 saturated carbocycles. The average molecular weight is 292 g/mol. The van der Waals surface area contributed by atoms with Crippen LogP contribution < -0.4 is 15.8 Å². The number of benzene rings is 1. The van der Waals surface area contributed by atoms with Gasteiger partial charge in [0.2, 0.25) is 5.91 Å². The van der Waals surface area contributed by atoms with Crippen LogP contribution in [0.15, 0.2) is 12.1 Å². The fourth-order valence-electron chi connectivity index (χ4n) is 2.30. The second-order valence-corrected chi connectivity index (χ2v) is 6.70. The van der Waals surface area contributed by atoms with Crippen molar-refractivity contribution < 1.29 is 9.53 Å². The van der Waals surface area contributed by atoms with Gasteiger partial charge in [-0.3, -0.25) is 4.79 Å². The van der Waals surface area contributed by atoms with Crippen molar-refractivity contribution in [2.75, 3.05) is 13.7 Å². The highest BCUT2D eigenvalue weighted by atomic mass is 16.5. The van der Waals surface area contributed by atoms with Crippen molar-refractivity contribution in [2.24, 2.45) is 5.73 Å². The maximum absolute atomic E-state index is 11.9. The lowest BCUT2D eigenvalue weighted by atomic mass is 9.83. The number of carbonyl (C=O) groups excluding carboxylic acids is 1. The van der Waals surface area contributed by atoms with E-state index < -0.39 is 0 Å². The zero-order chi connectivity index (χ0) is 16.2. The Kier molecular flexibility index (Phi) is 5.78. The van der Waals surface area contributed by atoms with Crippen LogP contribution in [-0.4, -0.2) is 25.6 Å². The molecule has 1 rings (SSSR count). The first-order valence-electron chi connectivity index (χ1n) is 7.35. The number of amides is 1. The predicted molar refractivity (Wildman–Crippen MR) is 86.8 cm³/mol. The van der Waals surface area contributed by atoms with E-state index >= 15 is 0 Å². The van der Waals surface area contributed by atoms with E-state index in [0.29, 0.717) is 13.0 Å². The van der Waals surface area contributed by atoms with E-state index in [0.717, 1.165) is 22.4 Å². The smallest absolute Gasteiger partial charge is 0.224 e. The molecule has 1 unspecified atom stereocenters. The SMILES string of the molecule is COc1c(C)cc(CC(=O)NCC(C)N)cc1C(C)(C)C. The molecule has 118 valence electrons. The van der Waals surface area contributed by atoms with E-state index in [1.807, 2.05) is 19.9 Å². The molecule has 0 bridgehead atoms. The van der Waals surface area contributed by atoms with Gasteiger partial charge in [-0.1, -0.05) is 32.9 Å². The third-order valence-corrected chi connectivity index (χ3v) is 3.33. The summed E-state index contributed by atoms with van der Waals surface area (Å²) in [5.41, 5.74) is 8.79. The standard InChI is InChI=1S/C17H28N2O2/c1-11-7-13(9-15(20)19-10-12(2)18)8-14(16(11)21-6)17(3,4)5/h7-8,12H,9-10,18H2,1-6H3,(H,19,20). The van der Waals surface area contributed by atoms with Gasteiger partial charge in [-0.25, -0.2) is 0 Å². The molecule has 4 heteroatoms. The summed E-state index contributed by atoms with van der Waals surface area (Å²) in [6.45, 7) is 10.8. The number of rotatable bonds is 5. The molecular weight excluding hydrogens is 264 g/mol. The Morgan fingerprint density at radius 2 is 2.00 bits per heavy atom. The molecule has 0 aromatic heterocycles. The fourth-order valence-corrected chi connectivity index (χ4v) is 2.30. The van der Waals surface area contributed by atoms with Crippen molar-refractivity contribution in [3.05, 3.63) is 28.8 Å². The number of carbonyl (C=O) groups is 1. The number of nitrogens with one attached hydrogen (secondary N) is 1. The van der Waals surface area contributed by atoms with Crippen LogP contribution in [0.3, 0.4) is 0 Å². The number of methoxy groups -OCH3 is 1. The van der Waals surface area contributed by atoms with Crippen molar-refractivity contribution in [2.45, 2.75) is 52.5 Å². The van der Waals surface area contributed by atoms with E-state index in [4.69, 9.17) is 10.5 Å². The van der Waals surface area contributed by atoms with Gasteiger partial charge in [-0.15, -0.1) is 0 Å². The minimum absolute atomic E-state index is 0.00303. The Labute approximate surface area is 128 Å². The topological polar surface area (TPSA) is 64.3 Å². The number of hydrogen-bond acceptors (Lipinski definition) is 3. The Morgan fingerprint density at radius 1 is 1.38 bits per heavy atom. The Hall–Kier alpha value is -1.55. The molecule has 0 aliphatic heterocycles. The van der Waals surface area contributed by atoms with E-state index in [9.17, 15) is 4.79 Å². The van der Waals surface area contributed by atoms with Gasteiger partial charge in [0.15, 0.2) is 0 Å². The lowest BCUT2D eigenvalue weighted by Gasteiger charge is -2.24. The summed E-state index contributed by atoms with van der Waals surface area (Å²) in [7, 11) is 1.69. The summed E-state index contributed by atoms with van der Waals surface area (Å²) in [5.74, 6) is 0.902. The van der Waals surface area contributed by atoms with E-state index in [-0.39, 0.29) is 17.4 Å². The molecule has 0 heterocycles. The van der Waals surface area contributed by atoms with Crippen LogP contribution in [0, 0.1) is 6.92 Å². The lowest BCUT2D eigenvalue weighted by molar-refractivity contribution is -0.120. The van der Waals surface area contributed by atoms with E-state index in [1.54, 1.807) is 7.11 Å². The van der Waals surface area contributed by atoms with Crippen LogP contribution >= 0.6 is 0 Å². The maximum atomic E-state index is 11.9. The van der Waals surface area contributed by atoms with Crippen molar-refractivity contribution in [1.29, 1.82) is 0 Å². The van der Waals surface area contributed by atoms with Crippen LogP contribution in [0.5, 0.6) is 5.75 Å². The summed E-state index contributed by atoms with van der Waals surface area (Å²) < 4.78 is 5.52. The quantitative estimate of drug-likeness (QED) is 0.875. The summed E-state index contributed by atoms with van der Waals surface area (Å²) in [4.78, 5) is 11.9. The molecule has 21 heavy (non-hydrogen) atoms. The summed E-state index contributed by atoms with van der Waals surface area (Å²) in [6.07, 6.45) is 0.362. The van der Waals surface area contributed by atoms with Gasteiger partial charge >= 0.3 is 0 Å². The summed E-state index contributed by atoms with van der Waals surface area (Å²) in [5, 5.41) is 2.84. The monoisotopic (exact) mass is 292 g/mol. The maximum Gasteiger partial charge on any atom is 0.224 e. The largest absolute Gasteiger partial charge is 0.496 e. The van der Waals surface area contributed by atoms with E-state index in [1.165, 1.54) is 0 Å². The molecule has 3 N–H and O–H groups in total. The van der Waals surface area contributed by atoms with Crippen LogP contribution in [0.2, 0.25) is 0 Å². The van der Waals surface area contributed by atoms with Crippen LogP contribution in [0.4, 0.5) is 0 Å². The first kappa shape index (κ1) is 17.5. The summed E-state index contributed by atoms with van der Waals surface area (Å²) >= 11 is 0. The minimum Gasteiger partial charge on any atom is -0.496 e. The van der Waals surface area contributed by atoms with Gasteiger partial charge < -0.3 is 15.8 Å². The van der Waals surface area contributed by atoms with Crippen molar-refractivity contribution in [1.82, 2.24) is 5.32 Å². The minimum atomic E-state index is -0.0334. The van der Waals surface area contributed by atoms with Crippen LogP contribution in [0.25, 0.3) is 0 Å². The van der Waals surface area contributed by atoms with Gasteiger partial charge in [0, 0.05) is 18.2 Å². The number of ether oxygens (including phenoxy) is 1. The number of nitrogens with two attached hydrogens (primary N) is 1. The van der Waals surface area contributed by atoms with Crippen LogP contribution in [0.1, 0.15) is 44.4 Å². The Morgan fingerprint density at radius 3 is 2.48 bits per heavy atom. The van der Waals surface area contributed by atoms with E-state index in [2.05, 4.69) is 32.2 Å². The fraction of sp³-hybridized carbons (Fsp3) is 0.588. The highest BCUT2D eigenvalue weighted by Gasteiger charge is 2.21. The van der Waals surface area contributed by atoms with Gasteiger partial charge in [0.05, 0.1) is 13.5 Å². The second kappa shape index (κ2) is 6.94. The van der Waals surface area contributed by atoms with Crippen molar-refractivity contribution in [3.63, 3.8) is 0 Å². The second-order valence-electron chi connectivity index (χ2n) is 6.70. The molecule has 4 nitrogen and oxygen atoms in total. The number of aryl methyl sites for hydroxylation is 1. The highest BCUT2D eigenvalue weighted by Crippen LogP contribution is 2.34. The van der Waals surface area contributed by atoms with Gasteiger partial charge in [-0.2, -0.15) is 0 Å². The molecule has 1 atom stereocenters. The Balaban J connectivity index is 3.00. The molecule has 0 aliphatic carbocycles. The zero-order valence-corrected chi connectivity index (χ0v) is 14.0. The summed E-state index contributed by atoms with van der Waals surface area (Å²) in [6, 6.07) is 4.05. The normalized spacial score (nSPS) is 12.9. The first-order valence-corrected chi connectivity index (χ1v) is 7.35. The highest BCUT2D eigenvalue weighted by molar-refractivity contribution is 5.78. The molecule has 0 radical (unpaired) electrons. The predicted octanol–water partition coefficient (Wildman–Crippen LogP) is 2.31. The van der Waals surface area contributed by atoms with Crippen molar-refractivity contribution in [3.8, 4) is 5.75 Å². The number of hydrogen-bond donors (Lipinski definition) is 2. The van der Waals surface area contributed by atoms with Crippen molar-refractivity contribution >= 4 is 5.91 Å². The molecular formula is C17H28N2O2. The molecule has 0 spiro atoms. The molecule has 1 aromatic carbocycles. The molecule has 1 aromatic rings. The first-order chi connectivity index (χ1) is 9.65. The molecule has 0 aliphatic rings. The molecule has 1 amide bonds. The molecule has 0 saturated heterocycles.